The molecule has 0 radical (unpaired) electrons. The number of hydrogen-bond acceptors (Lipinski definition) is 4. The Hall–Kier alpha value is -3.48. The van der Waals surface area contributed by atoms with Crippen molar-refractivity contribution in [1.82, 2.24) is 9.78 Å². The van der Waals surface area contributed by atoms with Gasteiger partial charge < -0.3 is 10.1 Å². The number of aromatic nitrogens is 2. The molecule has 4 rings (SSSR count). The summed E-state index contributed by atoms with van der Waals surface area (Å²) in [6, 6.07) is 14.0. The first-order valence-corrected chi connectivity index (χ1v) is 9.88. The molecular weight excluding hydrogens is 385 g/mol. The molecule has 7 heteroatoms. The number of fused-ring (bicyclic) bond motifs is 1. The van der Waals surface area contributed by atoms with Crippen molar-refractivity contribution in [2.75, 3.05) is 5.32 Å². The first kappa shape index (κ1) is 19.8. The minimum Gasteiger partial charge on any atom is -0.448 e. The normalized spacial score (nSPS) is 13.6. The standard InChI is InChI=1S/C23H22FN3O3/c1-14-11-12-16(13-19(14)24)25-22(28)15(2)30-23(29)21-18-9-6-10-20(18)27(26-21)17-7-4-3-5-8-17/h3-5,7-8,11-13,15H,6,9-10H2,1-2H3,(H,25,28). The molecule has 1 heterocycles. The SMILES string of the molecule is Cc1ccc(NC(=O)C(C)OC(=O)c2nn(-c3ccccc3)c3c2CCC3)cc1F. The van der Waals surface area contributed by atoms with Crippen molar-refractivity contribution < 1.29 is 18.7 Å². The number of anilines is 1. The molecule has 30 heavy (non-hydrogen) atoms. The first-order chi connectivity index (χ1) is 14.4. The van der Waals surface area contributed by atoms with Gasteiger partial charge in [-0.25, -0.2) is 13.9 Å². The summed E-state index contributed by atoms with van der Waals surface area (Å²) in [7, 11) is 0. The third-order valence-corrected chi connectivity index (χ3v) is 5.22. The quantitative estimate of drug-likeness (QED) is 0.649. The van der Waals surface area contributed by atoms with Crippen molar-refractivity contribution in [3.63, 3.8) is 0 Å². The molecule has 1 atom stereocenters. The van der Waals surface area contributed by atoms with Gasteiger partial charge in [-0.05, 0) is 62.9 Å². The summed E-state index contributed by atoms with van der Waals surface area (Å²) in [5.41, 5.74) is 3.78. The van der Waals surface area contributed by atoms with E-state index in [0.29, 0.717) is 11.3 Å². The van der Waals surface area contributed by atoms with E-state index >= 15 is 0 Å². The van der Waals surface area contributed by atoms with Gasteiger partial charge in [-0.3, -0.25) is 4.79 Å². The molecule has 0 aliphatic heterocycles. The van der Waals surface area contributed by atoms with Crippen molar-refractivity contribution >= 4 is 17.6 Å². The number of ether oxygens (including phenoxy) is 1. The molecule has 6 nitrogen and oxygen atoms in total. The lowest BCUT2D eigenvalue weighted by atomic mass is 10.2. The molecule has 0 bridgehead atoms. The zero-order valence-corrected chi connectivity index (χ0v) is 16.8. The fourth-order valence-electron chi connectivity index (χ4n) is 3.57. The summed E-state index contributed by atoms with van der Waals surface area (Å²) in [4.78, 5) is 25.2. The van der Waals surface area contributed by atoms with Gasteiger partial charge in [0.25, 0.3) is 5.91 Å². The van der Waals surface area contributed by atoms with Gasteiger partial charge >= 0.3 is 5.97 Å². The summed E-state index contributed by atoms with van der Waals surface area (Å²) < 4.78 is 20.8. The van der Waals surface area contributed by atoms with Crippen LogP contribution >= 0.6 is 0 Å². The second kappa shape index (κ2) is 8.10. The van der Waals surface area contributed by atoms with E-state index < -0.39 is 23.8 Å². The van der Waals surface area contributed by atoms with Gasteiger partial charge in [0.15, 0.2) is 11.8 Å². The topological polar surface area (TPSA) is 73.2 Å². The van der Waals surface area contributed by atoms with Crippen molar-refractivity contribution in [1.29, 1.82) is 0 Å². The van der Waals surface area contributed by atoms with Gasteiger partial charge in [0, 0.05) is 16.9 Å². The van der Waals surface area contributed by atoms with E-state index in [1.54, 1.807) is 23.7 Å². The monoisotopic (exact) mass is 407 g/mol. The van der Waals surface area contributed by atoms with Crippen LogP contribution in [0.3, 0.4) is 0 Å². The summed E-state index contributed by atoms with van der Waals surface area (Å²) >= 11 is 0. The second-order valence-electron chi connectivity index (χ2n) is 7.38. The van der Waals surface area contributed by atoms with E-state index in [9.17, 15) is 14.0 Å². The molecule has 1 aliphatic rings. The number of para-hydroxylation sites is 1. The molecule has 1 amide bonds. The smallest absolute Gasteiger partial charge is 0.359 e. The van der Waals surface area contributed by atoms with Gasteiger partial charge in [-0.1, -0.05) is 24.3 Å². The van der Waals surface area contributed by atoms with Crippen LogP contribution in [0.5, 0.6) is 0 Å². The Morgan fingerprint density at radius 2 is 1.93 bits per heavy atom. The number of benzene rings is 2. The van der Waals surface area contributed by atoms with E-state index in [0.717, 1.165) is 36.2 Å². The average Bonchev–Trinajstić information content (AvgIpc) is 3.34. The maximum absolute atomic E-state index is 13.7. The highest BCUT2D eigenvalue weighted by Crippen LogP contribution is 2.28. The summed E-state index contributed by atoms with van der Waals surface area (Å²) in [6.45, 7) is 3.12. The summed E-state index contributed by atoms with van der Waals surface area (Å²) in [5, 5.41) is 7.05. The summed E-state index contributed by atoms with van der Waals surface area (Å²) in [6.07, 6.45) is 1.46. The van der Waals surface area contributed by atoms with Crippen LogP contribution in [-0.4, -0.2) is 27.8 Å². The predicted octanol–water partition coefficient (Wildman–Crippen LogP) is 3.99. The van der Waals surface area contributed by atoms with Crippen LogP contribution in [-0.2, 0) is 22.4 Å². The largest absolute Gasteiger partial charge is 0.448 e. The zero-order valence-electron chi connectivity index (χ0n) is 16.8. The third kappa shape index (κ3) is 3.83. The van der Waals surface area contributed by atoms with Gasteiger partial charge in [-0.2, -0.15) is 5.10 Å². The Kier molecular flexibility index (Phi) is 5.35. The number of amides is 1. The van der Waals surface area contributed by atoms with E-state index in [1.165, 1.54) is 13.0 Å². The van der Waals surface area contributed by atoms with Crippen LogP contribution in [0.4, 0.5) is 10.1 Å². The fourth-order valence-corrected chi connectivity index (χ4v) is 3.57. The van der Waals surface area contributed by atoms with Crippen LogP contribution in [0.2, 0.25) is 0 Å². The fraction of sp³-hybridized carbons (Fsp3) is 0.261. The molecule has 2 aromatic carbocycles. The van der Waals surface area contributed by atoms with E-state index in [1.807, 2.05) is 30.3 Å². The highest BCUT2D eigenvalue weighted by atomic mass is 19.1. The molecular formula is C23H22FN3O3. The maximum Gasteiger partial charge on any atom is 0.359 e. The zero-order chi connectivity index (χ0) is 21.3. The number of nitrogens with one attached hydrogen (secondary N) is 1. The molecule has 3 aromatic rings. The first-order valence-electron chi connectivity index (χ1n) is 9.88. The maximum atomic E-state index is 13.7. The lowest BCUT2D eigenvalue weighted by Gasteiger charge is -2.13. The number of halogens is 1. The Labute approximate surface area is 173 Å². The van der Waals surface area contributed by atoms with Crippen molar-refractivity contribution in [3.8, 4) is 5.69 Å². The number of nitrogens with zero attached hydrogens (tertiary/aromatic N) is 2. The van der Waals surface area contributed by atoms with Crippen molar-refractivity contribution in [2.24, 2.45) is 0 Å². The van der Waals surface area contributed by atoms with Crippen LogP contribution < -0.4 is 5.32 Å². The number of carbonyl (C=O) groups excluding carboxylic acids is 2. The van der Waals surface area contributed by atoms with E-state index in [4.69, 9.17) is 4.74 Å². The average molecular weight is 407 g/mol. The molecule has 1 aromatic heterocycles. The van der Waals surface area contributed by atoms with Crippen LogP contribution in [0.1, 0.15) is 40.7 Å². The Morgan fingerprint density at radius 3 is 2.67 bits per heavy atom. The van der Waals surface area contributed by atoms with Crippen molar-refractivity contribution in [3.05, 3.63) is 76.9 Å². The molecule has 0 fully saturated rings. The minimum absolute atomic E-state index is 0.243. The van der Waals surface area contributed by atoms with Crippen LogP contribution in [0, 0.1) is 12.7 Å². The van der Waals surface area contributed by atoms with E-state index in [-0.39, 0.29) is 5.69 Å². The second-order valence-corrected chi connectivity index (χ2v) is 7.38. The minimum atomic E-state index is -1.05. The number of rotatable bonds is 5. The Balaban J connectivity index is 1.50. The summed E-state index contributed by atoms with van der Waals surface area (Å²) in [5.74, 6) is -1.59. The number of aryl methyl sites for hydroxylation is 1. The van der Waals surface area contributed by atoms with Gasteiger partial charge in [0.2, 0.25) is 0 Å². The number of hydrogen-bond donors (Lipinski definition) is 1. The highest BCUT2D eigenvalue weighted by Gasteiger charge is 2.29. The lowest BCUT2D eigenvalue weighted by Crippen LogP contribution is -2.30. The molecule has 0 spiro atoms. The molecule has 0 saturated carbocycles. The van der Waals surface area contributed by atoms with E-state index in [2.05, 4.69) is 10.4 Å². The number of esters is 1. The lowest BCUT2D eigenvalue weighted by molar-refractivity contribution is -0.123. The molecule has 1 N–H and O–H groups in total. The predicted molar refractivity (Wildman–Crippen MR) is 110 cm³/mol. The Morgan fingerprint density at radius 1 is 1.17 bits per heavy atom. The number of carbonyl (C=O) groups is 2. The van der Waals surface area contributed by atoms with Gasteiger partial charge in [-0.15, -0.1) is 0 Å². The molecule has 1 unspecified atom stereocenters. The van der Waals surface area contributed by atoms with Gasteiger partial charge in [0.05, 0.1) is 5.69 Å². The van der Waals surface area contributed by atoms with Crippen molar-refractivity contribution in [2.45, 2.75) is 39.2 Å². The van der Waals surface area contributed by atoms with Crippen LogP contribution in [0.15, 0.2) is 48.5 Å². The van der Waals surface area contributed by atoms with Gasteiger partial charge in [0.1, 0.15) is 5.82 Å². The Bertz CT molecular complexity index is 1110. The highest BCUT2D eigenvalue weighted by molar-refractivity contribution is 5.97. The third-order valence-electron chi connectivity index (χ3n) is 5.22. The molecule has 0 saturated heterocycles. The van der Waals surface area contributed by atoms with Crippen LogP contribution in [0.25, 0.3) is 5.69 Å². The molecule has 1 aliphatic carbocycles. The molecule has 154 valence electrons.